The first kappa shape index (κ1) is 36.0. The van der Waals surface area contributed by atoms with Gasteiger partial charge in [0.05, 0.1) is 56.8 Å². The summed E-state index contributed by atoms with van der Waals surface area (Å²) in [7, 11) is -4.50. The predicted molar refractivity (Wildman–Crippen MR) is 85.6 cm³/mol. The molecule has 0 atom stereocenters. The maximum absolute atomic E-state index is 12.6. The van der Waals surface area contributed by atoms with Crippen molar-refractivity contribution in [3.8, 4) is 0 Å². The average molecular weight is 616 g/mol. The molecule has 0 spiro atoms. The first-order valence-corrected chi connectivity index (χ1v) is 10.3. The Balaban J connectivity index is 6.30. The summed E-state index contributed by atoms with van der Waals surface area (Å²) < 4.78 is 239. The Bertz CT molecular complexity index is 524. The quantitative estimate of drug-likeness (QED) is 0.162. The molecule has 0 aromatic carbocycles. The molecule has 0 saturated carbocycles. The van der Waals surface area contributed by atoms with Crippen molar-refractivity contribution in [1.29, 1.82) is 0 Å². The van der Waals surface area contributed by atoms with Crippen molar-refractivity contribution in [2.45, 2.75) is 93.9 Å². The minimum Gasteiger partial charge on any atom is -0.308 e. The molecule has 0 aliphatic carbocycles. The molecule has 0 radical (unpaired) electrons. The van der Waals surface area contributed by atoms with E-state index in [0.29, 0.717) is 0 Å². The molecule has 3 nitrogen and oxygen atoms in total. The van der Waals surface area contributed by atoms with Crippen LogP contribution in [0.15, 0.2) is 0 Å². The highest BCUT2D eigenvalue weighted by Crippen LogP contribution is 2.51. The third kappa shape index (κ3) is 22.7. The zero-order chi connectivity index (χ0) is 29.7. The maximum Gasteiger partial charge on any atom is 0.391 e. The highest BCUT2D eigenvalue weighted by atomic mass is 31.2. The van der Waals surface area contributed by atoms with Crippen LogP contribution in [0.4, 0.5) is 79.0 Å². The molecule has 0 fully saturated rings. The first-order chi connectivity index (χ1) is 16.0. The fourth-order valence-electron chi connectivity index (χ4n) is 2.43. The molecule has 0 saturated heterocycles. The Kier molecular flexibility index (Phi) is 12.6. The minimum absolute atomic E-state index is 2.62. The maximum atomic E-state index is 12.6. The smallest absolute Gasteiger partial charge is 0.308 e. The van der Waals surface area contributed by atoms with Gasteiger partial charge < -0.3 is 13.6 Å². The number of hydrogen-bond acceptors (Lipinski definition) is 3. The van der Waals surface area contributed by atoms with Gasteiger partial charge in [0.1, 0.15) is 0 Å². The van der Waals surface area contributed by atoms with Crippen LogP contribution in [-0.4, -0.2) is 55.4 Å². The fraction of sp³-hybridized carbons (Fsp3) is 1.00. The van der Waals surface area contributed by atoms with E-state index in [1.807, 2.05) is 0 Å². The standard InChI is InChI=1S/C15H15F18O3P/c16-10(17,18)1-7(2-11(19,20)21)34-37(35-8(3-12(22,23)24)4-13(25,26)27)36-9(5-14(28,29)30)6-15(31,32)33/h7-9H,1-6H2. The van der Waals surface area contributed by atoms with Crippen LogP contribution in [0.25, 0.3) is 0 Å². The number of alkyl halides is 18. The van der Waals surface area contributed by atoms with Gasteiger partial charge in [0.25, 0.3) is 0 Å². The molecule has 0 N–H and O–H groups in total. The van der Waals surface area contributed by atoms with Gasteiger partial charge >= 0.3 is 45.7 Å². The molecule has 0 amide bonds. The van der Waals surface area contributed by atoms with Crippen LogP contribution < -0.4 is 0 Å². The van der Waals surface area contributed by atoms with E-state index >= 15 is 0 Å². The van der Waals surface area contributed by atoms with Crippen molar-refractivity contribution in [3.05, 3.63) is 0 Å². The second kappa shape index (κ2) is 12.9. The summed E-state index contributed by atoms with van der Waals surface area (Å²) in [4.78, 5) is 0. The van der Waals surface area contributed by atoms with E-state index in [9.17, 15) is 79.0 Å². The number of hydrogen-bond donors (Lipinski definition) is 0. The van der Waals surface area contributed by atoms with Crippen molar-refractivity contribution in [2.24, 2.45) is 0 Å². The summed E-state index contributed by atoms with van der Waals surface area (Å²) in [5, 5.41) is 0. The summed E-state index contributed by atoms with van der Waals surface area (Å²) >= 11 is 0. The van der Waals surface area contributed by atoms with Crippen LogP contribution in [0.3, 0.4) is 0 Å². The zero-order valence-electron chi connectivity index (χ0n) is 17.5. The molecule has 22 heteroatoms. The molecule has 224 valence electrons. The molecular weight excluding hydrogens is 601 g/mol. The van der Waals surface area contributed by atoms with Crippen molar-refractivity contribution >= 4 is 8.60 Å². The first-order valence-electron chi connectivity index (χ1n) is 9.23. The molecule has 0 aliphatic rings. The summed E-state index contributed by atoms with van der Waals surface area (Å²) in [6.07, 6.45) is -58.9. The Morgan fingerprint density at radius 1 is 0.324 bits per heavy atom. The van der Waals surface area contributed by atoms with Gasteiger partial charge in [-0.3, -0.25) is 0 Å². The molecular formula is C15H15F18O3P. The largest absolute Gasteiger partial charge is 0.391 e. The second-order valence-corrected chi connectivity index (χ2v) is 8.40. The van der Waals surface area contributed by atoms with Crippen LogP contribution in [-0.2, 0) is 13.6 Å². The topological polar surface area (TPSA) is 27.7 Å². The highest BCUT2D eigenvalue weighted by molar-refractivity contribution is 7.41. The Labute approximate surface area is 196 Å². The van der Waals surface area contributed by atoms with E-state index in [2.05, 4.69) is 13.6 Å². The van der Waals surface area contributed by atoms with E-state index < -0.39 is 102 Å². The second-order valence-electron chi connectivity index (χ2n) is 7.32. The van der Waals surface area contributed by atoms with E-state index in [-0.39, 0.29) is 0 Å². The fourth-order valence-corrected chi connectivity index (χ4v) is 3.76. The lowest BCUT2D eigenvalue weighted by Gasteiger charge is -2.31. The summed E-state index contributed by atoms with van der Waals surface area (Å²) in [6.45, 7) is 0. The molecule has 0 aromatic heterocycles. The van der Waals surface area contributed by atoms with Crippen LogP contribution in [0.5, 0.6) is 0 Å². The van der Waals surface area contributed by atoms with Gasteiger partial charge in [-0.2, -0.15) is 79.0 Å². The average Bonchev–Trinajstić information content (AvgIpc) is 2.43. The lowest BCUT2D eigenvalue weighted by molar-refractivity contribution is -0.192. The van der Waals surface area contributed by atoms with Crippen molar-refractivity contribution < 1.29 is 92.6 Å². The number of rotatable bonds is 12. The van der Waals surface area contributed by atoms with Gasteiger partial charge in [0.15, 0.2) is 0 Å². The van der Waals surface area contributed by atoms with Crippen LogP contribution in [0.2, 0.25) is 0 Å². The summed E-state index contributed by atoms with van der Waals surface area (Å²) in [6, 6.07) is 0. The predicted octanol–water partition coefficient (Wildman–Crippen LogP) is 9.08. The Hall–Kier alpha value is -0.950. The van der Waals surface area contributed by atoms with Crippen LogP contribution >= 0.6 is 8.60 Å². The summed E-state index contributed by atoms with van der Waals surface area (Å²) in [5.41, 5.74) is 0. The number of halogens is 18. The molecule has 0 aromatic rings. The van der Waals surface area contributed by atoms with Crippen molar-refractivity contribution in [3.63, 3.8) is 0 Å². The van der Waals surface area contributed by atoms with Gasteiger partial charge in [-0.1, -0.05) is 0 Å². The highest BCUT2D eigenvalue weighted by Gasteiger charge is 2.47. The molecule has 0 rings (SSSR count). The van der Waals surface area contributed by atoms with Gasteiger partial charge in [0.2, 0.25) is 0 Å². The van der Waals surface area contributed by atoms with Crippen LogP contribution in [0.1, 0.15) is 38.5 Å². The monoisotopic (exact) mass is 616 g/mol. The summed E-state index contributed by atoms with van der Waals surface area (Å²) in [5.74, 6) is 0. The molecule has 0 heterocycles. The normalized spacial score (nSPS) is 15.1. The Morgan fingerprint density at radius 2 is 0.459 bits per heavy atom. The molecule has 0 unspecified atom stereocenters. The minimum atomic E-state index is -5.55. The van der Waals surface area contributed by atoms with E-state index in [1.165, 1.54) is 0 Å². The van der Waals surface area contributed by atoms with E-state index in [4.69, 9.17) is 0 Å². The van der Waals surface area contributed by atoms with E-state index in [0.717, 1.165) is 0 Å². The SMILES string of the molecule is FC(F)(F)CC(CC(F)(F)F)OP(OC(CC(F)(F)F)CC(F)(F)F)OC(CC(F)(F)F)CC(F)(F)F. The van der Waals surface area contributed by atoms with Crippen molar-refractivity contribution in [2.75, 3.05) is 0 Å². The van der Waals surface area contributed by atoms with Gasteiger partial charge in [-0.15, -0.1) is 0 Å². The zero-order valence-corrected chi connectivity index (χ0v) is 18.3. The van der Waals surface area contributed by atoms with Crippen LogP contribution in [0, 0.1) is 0 Å². The lowest BCUT2D eigenvalue weighted by atomic mass is 10.2. The van der Waals surface area contributed by atoms with Gasteiger partial charge in [-0.05, 0) is 0 Å². The van der Waals surface area contributed by atoms with Crippen molar-refractivity contribution in [1.82, 2.24) is 0 Å². The van der Waals surface area contributed by atoms with Gasteiger partial charge in [0, 0.05) is 0 Å². The van der Waals surface area contributed by atoms with E-state index in [1.54, 1.807) is 0 Å². The molecule has 37 heavy (non-hydrogen) atoms. The third-order valence-electron chi connectivity index (χ3n) is 3.46. The third-order valence-corrected chi connectivity index (χ3v) is 4.87. The Morgan fingerprint density at radius 3 is 0.568 bits per heavy atom. The van der Waals surface area contributed by atoms with Gasteiger partial charge in [-0.25, -0.2) is 0 Å². The lowest BCUT2D eigenvalue weighted by Crippen LogP contribution is -2.32. The molecule has 0 bridgehead atoms. The molecule has 0 aliphatic heterocycles.